The fourth-order valence-electron chi connectivity index (χ4n) is 1.68. The standard InChI is InChI=1S/C16H16ClNO/c1-18-12-16(19-15-5-3-2-4-6-15)11-13-7-9-14(17)10-8-13/h2-11,18H,12H2,1H3. The first kappa shape index (κ1) is 13.7. The van der Waals surface area contributed by atoms with Gasteiger partial charge in [-0.2, -0.15) is 0 Å². The Morgan fingerprint density at radius 2 is 1.79 bits per heavy atom. The molecule has 2 rings (SSSR count). The molecule has 0 atom stereocenters. The van der Waals surface area contributed by atoms with Crippen molar-refractivity contribution in [3.05, 3.63) is 70.9 Å². The summed E-state index contributed by atoms with van der Waals surface area (Å²) in [5.41, 5.74) is 1.06. The minimum atomic E-state index is 0.664. The largest absolute Gasteiger partial charge is 0.460 e. The van der Waals surface area contributed by atoms with Crippen LogP contribution >= 0.6 is 11.6 Å². The molecule has 0 aliphatic heterocycles. The third kappa shape index (κ3) is 4.43. The van der Waals surface area contributed by atoms with Gasteiger partial charge in [-0.3, -0.25) is 0 Å². The van der Waals surface area contributed by atoms with Crippen molar-refractivity contribution in [1.82, 2.24) is 5.32 Å². The number of ether oxygens (including phenoxy) is 1. The molecule has 0 aromatic heterocycles. The third-order valence-electron chi connectivity index (χ3n) is 2.54. The number of nitrogens with one attached hydrogen (secondary N) is 1. The SMILES string of the molecule is CNCC(=Cc1ccc(Cl)cc1)Oc1ccccc1. The van der Waals surface area contributed by atoms with E-state index in [0.717, 1.165) is 22.1 Å². The highest BCUT2D eigenvalue weighted by atomic mass is 35.5. The quantitative estimate of drug-likeness (QED) is 0.832. The second-order valence-electron chi connectivity index (χ2n) is 4.11. The lowest BCUT2D eigenvalue weighted by Gasteiger charge is -2.10. The lowest BCUT2D eigenvalue weighted by Crippen LogP contribution is -2.14. The van der Waals surface area contributed by atoms with Crippen LogP contribution in [-0.4, -0.2) is 13.6 Å². The first-order chi connectivity index (χ1) is 9.28. The summed E-state index contributed by atoms with van der Waals surface area (Å²) in [6.07, 6.45) is 2.00. The van der Waals surface area contributed by atoms with Gasteiger partial charge >= 0.3 is 0 Å². The minimum Gasteiger partial charge on any atom is -0.460 e. The molecule has 98 valence electrons. The van der Waals surface area contributed by atoms with Crippen molar-refractivity contribution in [3.63, 3.8) is 0 Å². The maximum atomic E-state index is 5.87. The molecule has 0 amide bonds. The Labute approximate surface area is 118 Å². The average Bonchev–Trinajstić information content (AvgIpc) is 2.43. The van der Waals surface area contributed by atoms with E-state index in [1.165, 1.54) is 0 Å². The molecular weight excluding hydrogens is 258 g/mol. The van der Waals surface area contributed by atoms with Crippen LogP contribution in [-0.2, 0) is 0 Å². The van der Waals surface area contributed by atoms with E-state index in [0.29, 0.717) is 6.54 Å². The summed E-state index contributed by atoms with van der Waals surface area (Å²) >= 11 is 5.87. The lowest BCUT2D eigenvalue weighted by atomic mass is 10.2. The number of halogens is 1. The first-order valence-electron chi connectivity index (χ1n) is 6.11. The summed E-state index contributed by atoms with van der Waals surface area (Å²) in [5, 5.41) is 3.83. The van der Waals surface area contributed by atoms with Crippen molar-refractivity contribution in [2.75, 3.05) is 13.6 Å². The number of rotatable bonds is 5. The Morgan fingerprint density at radius 1 is 1.11 bits per heavy atom. The first-order valence-corrected chi connectivity index (χ1v) is 6.49. The van der Waals surface area contributed by atoms with Gasteiger partial charge in [0.2, 0.25) is 0 Å². The zero-order valence-electron chi connectivity index (χ0n) is 10.8. The number of likely N-dealkylation sites (N-methyl/N-ethyl adjacent to an activating group) is 1. The Balaban J connectivity index is 2.17. The second-order valence-corrected chi connectivity index (χ2v) is 4.54. The van der Waals surface area contributed by atoms with Crippen LogP contribution < -0.4 is 10.1 Å². The Bertz CT molecular complexity index is 534. The molecule has 0 fully saturated rings. The smallest absolute Gasteiger partial charge is 0.127 e. The highest BCUT2D eigenvalue weighted by Gasteiger charge is 2.00. The molecule has 0 unspecified atom stereocenters. The molecule has 3 heteroatoms. The van der Waals surface area contributed by atoms with E-state index in [-0.39, 0.29) is 0 Å². The molecule has 2 aromatic rings. The molecule has 19 heavy (non-hydrogen) atoms. The van der Waals surface area contributed by atoms with Gasteiger partial charge in [-0.1, -0.05) is 41.9 Å². The summed E-state index contributed by atoms with van der Waals surface area (Å²) in [7, 11) is 1.89. The normalized spacial score (nSPS) is 11.4. The molecule has 2 aromatic carbocycles. The molecule has 1 N–H and O–H groups in total. The Hall–Kier alpha value is -1.77. The zero-order valence-corrected chi connectivity index (χ0v) is 11.5. The minimum absolute atomic E-state index is 0.664. The van der Waals surface area contributed by atoms with Crippen LogP contribution in [0.15, 0.2) is 60.4 Å². The van der Waals surface area contributed by atoms with Crippen molar-refractivity contribution in [1.29, 1.82) is 0 Å². The second kappa shape index (κ2) is 6.98. The van der Waals surface area contributed by atoms with Crippen molar-refractivity contribution >= 4 is 17.7 Å². The van der Waals surface area contributed by atoms with Gasteiger partial charge in [-0.05, 0) is 43.0 Å². The lowest BCUT2D eigenvalue weighted by molar-refractivity contribution is 0.413. The molecule has 0 saturated heterocycles. The Morgan fingerprint density at radius 3 is 2.42 bits per heavy atom. The Kier molecular flexibility index (Phi) is 5.01. The number of hydrogen-bond donors (Lipinski definition) is 1. The maximum Gasteiger partial charge on any atom is 0.127 e. The summed E-state index contributed by atoms with van der Waals surface area (Å²) in [6, 6.07) is 17.4. The van der Waals surface area contributed by atoms with Gasteiger partial charge in [0.05, 0.1) is 6.54 Å². The van der Waals surface area contributed by atoms with E-state index < -0.39 is 0 Å². The van der Waals surface area contributed by atoms with E-state index in [2.05, 4.69) is 5.32 Å². The van der Waals surface area contributed by atoms with Crippen molar-refractivity contribution < 1.29 is 4.74 Å². The predicted octanol–water partition coefficient (Wildman–Crippen LogP) is 3.98. The van der Waals surface area contributed by atoms with E-state index in [4.69, 9.17) is 16.3 Å². The maximum absolute atomic E-state index is 5.87. The molecule has 0 spiro atoms. The molecular formula is C16H16ClNO. The van der Waals surface area contributed by atoms with Gasteiger partial charge in [0, 0.05) is 5.02 Å². The van der Waals surface area contributed by atoms with Gasteiger partial charge in [0.25, 0.3) is 0 Å². The number of para-hydroxylation sites is 1. The van der Waals surface area contributed by atoms with Crippen molar-refractivity contribution in [2.24, 2.45) is 0 Å². The van der Waals surface area contributed by atoms with Gasteiger partial charge in [-0.25, -0.2) is 0 Å². The van der Waals surface area contributed by atoms with Crippen LogP contribution in [0.25, 0.3) is 6.08 Å². The highest BCUT2D eigenvalue weighted by Crippen LogP contribution is 2.16. The highest BCUT2D eigenvalue weighted by molar-refractivity contribution is 6.30. The van der Waals surface area contributed by atoms with E-state index in [9.17, 15) is 0 Å². The summed E-state index contributed by atoms with van der Waals surface area (Å²) in [5.74, 6) is 1.69. The van der Waals surface area contributed by atoms with Crippen LogP contribution in [0.4, 0.5) is 0 Å². The molecule has 0 aliphatic carbocycles. The van der Waals surface area contributed by atoms with Crippen molar-refractivity contribution in [2.45, 2.75) is 0 Å². The molecule has 0 bridgehead atoms. The van der Waals surface area contributed by atoms with Gasteiger partial charge in [0.15, 0.2) is 0 Å². The van der Waals surface area contributed by atoms with Crippen LogP contribution in [0, 0.1) is 0 Å². The van der Waals surface area contributed by atoms with Gasteiger partial charge in [0.1, 0.15) is 11.5 Å². The summed E-state index contributed by atoms with van der Waals surface area (Å²) in [6.45, 7) is 0.664. The number of hydrogen-bond acceptors (Lipinski definition) is 2. The van der Waals surface area contributed by atoms with Gasteiger partial charge in [-0.15, -0.1) is 0 Å². The fraction of sp³-hybridized carbons (Fsp3) is 0.125. The fourth-order valence-corrected chi connectivity index (χ4v) is 1.80. The summed E-state index contributed by atoms with van der Waals surface area (Å²) < 4.78 is 5.85. The average molecular weight is 274 g/mol. The summed E-state index contributed by atoms with van der Waals surface area (Å²) in [4.78, 5) is 0. The topological polar surface area (TPSA) is 21.3 Å². The molecule has 0 saturated carbocycles. The van der Waals surface area contributed by atoms with Crippen LogP contribution in [0.1, 0.15) is 5.56 Å². The van der Waals surface area contributed by atoms with E-state index in [1.807, 2.05) is 67.7 Å². The van der Waals surface area contributed by atoms with Crippen LogP contribution in [0.2, 0.25) is 5.02 Å². The third-order valence-corrected chi connectivity index (χ3v) is 2.79. The van der Waals surface area contributed by atoms with E-state index >= 15 is 0 Å². The molecule has 0 radical (unpaired) electrons. The zero-order chi connectivity index (χ0) is 13.5. The molecule has 2 nitrogen and oxygen atoms in total. The van der Waals surface area contributed by atoms with Crippen molar-refractivity contribution in [3.8, 4) is 5.75 Å². The van der Waals surface area contributed by atoms with E-state index in [1.54, 1.807) is 0 Å². The molecule has 0 aliphatic rings. The predicted molar refractivity (Wildman–Crippen MR) is 80.4 cm³/mol. The van der Waals surface area contributed by atoms with Gasteiger partial charge < -0.3 is 10.1 Å². The van der Waals surface area contributed by atoms with Crippen LogP contribution in [0.5, 0.6) is 5.75 Å². The monoisotopic (exact) mass is 273 g/mol. The molecule has 0 heterocycles. The number of benzene rings is 2. The van der Waals surface area contributed by atoms with Crippen LogP contribution in [0.3, 0.4) is 0 Å².